The van der Waals surface area contributed by atoms with Crippen LogP contribution in [0.1, 0.15) is 91.6 Å². The molecule has 202 valence electrons. The van der Waals surface area contributed by atoms with Crippen molar-refractivity contribution in [2.75, 3.05) is 37.6 Å². The van der Waals surface area contributed by atoms with E-state index in [1.165, 1.54) is 111 Å². The lowest BCUT2D eigenvalue weighted by Crippen LogP contribution is -2.37. The number of aromatic nitrogens is 1. The minimum absolute atomic E-state index is 0.385. The number of aryl methyl sites for hydroxylation is 1. The summed E-state index contributed by atoms with van der Waals surface area (Å²) in [6.45, 7) is 8.64. The Kier molecular flexibility index (Phi) is 7.47. The summed E-state index contributed by atoms with van der Waals surface area (Å²) in [5, 5.41) is 11.1. The van der Waals surface area contributed by atoms with Crippen molar-refractivity contribution in [2.24, 2.45) is 0 Å². The van der Waals surface area contributed by atoms with Crippen LogP contribution in [0.5, 0.6) is 0 Å². The fraction of sp³-hybridized carbons (Fsp3) is 0.545. The van der Waals surface area contributed by atoms with Crippen LogP contribution in [0.4, 0.5) is 5.69 Å². The first-order valence-corrected chi connectivity index (χ1v) is 15.1. The minimum atomic E-state index is -0.846. The number of anilines is 1. The summed E-state index contributed by atoms with van der Waals surface area (Å²) >= 11 is 0. The number of benzene rings is 2. The molecule has 5 heteroatoms. The first kappa shape index (κ1) is 25.5. The van der Waals surface area contributed by atoms with Crippen molar-refractivity contribution < 1.29 is 9.90 Å². The number of likely N-dealkylation sites (tertiary alicyclic amines) is 1. The van der Waals surface area contributed by atoms with E-state index < -0.39 is 5.97 Å². The van der Waals surface area contributed by atoms with Crippen molar-refractivity contribution >= 4 is 22.6 Å². The molecule has 1 saturated heterocycles. The third-order valence-electron chi connectivity index (χ3n) is 9.34. The number of rotatable bonds is 5. The third-order valence-corrected chi connectivity index (χ3v) is 9.34. The van der Waals surface area contributed by atoms with Gasteiger partial charge < -0.3 is 19.5 Å². The second-order valence-electron chi connectivity index (χ2n) is 11.9. The number of carboxylic acid groups (broad SMARTS) is 1. The summed E-state index contributed by atoms with van der Waals surface area (Å²) < 4.78 is 2.47. The lowest BCUT2D eigenvalue weighted by atomic mass is 9.81. The van der Waals surface area contributed by atoms with Gasteiger partial charge >= 0.3 is 5.97 Å². The van der Waals surface area contributed by atoms with E-state index in [1.54, 1.807) is 0 Å². The molecule has 2 fully saturated rings. The van der Waals surface area contributed by atoms with Crippen LogP contribution in [0.3, 0.4) is 0 Å². The van der Waals surface area contributed by atoms with Crippen LogP contribution < -0.4 is 4.90 Å². The van der Waals surface area contributed by atoms with Gasteiger partial charge in [0.1, 0.15) is 0 Å². The second kappa shape index (κ2) is 11.1. The SMILES string of the molecule is Cc1ccc2c(c1)N(CCN1CCCCCCC1)CCn1c-2c(C2CCCCC2)c2ccc(C(=O)O)cc21. The van der Waals surface area contributed by atoms with E-state index in [4.69, 9.17) is 0 Å². The normalized spacial score (nSPS) is 19.4. The average molecular weight is 514 g/mol. The van der Waals surface area contributed by atoms with E-state index in [1.807, 2.05) is 12.1 Å². The molecule has 2 aromatic carbocycles. The van der Waals surface area contributed by atoms with Gasteiger partial charge in [-0.15, -0.1) is 0 Å². The number of carbonyl (C=O) groups is 1. The molecular formula is C33H43N3O2. The molecule has 0 bridgehead atoms. The molecule has 5 nitrogen and oxygen atoms in total. The largest absolute Gasteiger partial charge is 0.478 e. The smallest absolute Gasteiger partial charge is 0.335 e. The summed E-state index contributed by atoms with van der Waals surface area (Å²) in [5.41, 5.74) is 8.28. The Morgan fingerprint density at radius 2 is 1.58 bits per heavy atom. The van der Waals surface area contributed by atoms with E-state index in [9.17, 15) is 9.90 Å². The van der Waals surface area contributed by atoms with E-state index in [2.05, 4.69) is 45.6 Å². The third kappa shape index (κ3) is 4.98. The standard InChI is InChI=1S/C33H43N3O2/c1-24-12-14-28-29(22-24)35(19-18-34-16-8-3-2-4-9-17-34)20-21-36-30-23-26(33(37)38)13-15-27(30)31(32(28)36)25-10-6-5-7-11-25/h12-15,22-23,25H,2-11,16-21H2,1H3,(H,37,38). The molecule has 2 aliphatic heterocycles. The van der Waals surface area contributed by atoms with Crippen LogP contribution >= 0.6 is 0 Å². The van der Waals surface area contributed by atoms with Gasteiger partial charge in [-0.1, -0.05) is 56.7 Å². The van der Waals surface area contributed by atoms with Crippen LogP contribution in [-0.2, 0) is 6.54 Å². The van der Waals surface area contributed by atoms with Gasteiger partial charge in [0.2, 0.25) is 0 Å². The Balaban J connectivity index is 1.43. The quantitative estimate of drug-likeness (QED) is 0.385. The maximum absolute atomic E-state index is 11.9. The van der Waals surface area contributed by atoms with Gasteiger partial charge in [-0.2, -0.15) is 0 Å². The van der Waals surface area contributed by atoms with Crippen molar-refractivity contribution in [1.29, 1.82) is 0 Å². The highest BCUT2D eigenvalue weighted by Gasteiger charge is 2.30. The van der Waals surface area contributed by atoms with Crippen LogP contribution in [0, 0.1) is 6.92 Å². The summed E-state index contributed by atoms with van der Waals surface area (Å²) in [7, 11) is 0. The highest BCUT2D eigenvalue weighted by Crippen LogP contribution is 2.47. The molecule has 1 saturated carbocycles. The molecule has 1 aliphatic carbocycles. The zero-order valence-electron chi connectivity index (χ0n) is 23.1. The molecule has 1 aromatic heterocycles. The maximum Gasteiger partial charge on any atom is 0.335 e. The molecule has 3 heterocycles. The minimum Gasteiger partial charge on any atom is -0.478 e. The predicted molar refractivity (Wildman–Crippen MR) is 157 cm³/mol. The number of hydrogen-bond donors (Lipinski definition) is 1. The Labute approximate surface area is 227 Å². The lowest BCUT2D eigenvalue weighted by Gasteiger charge is -2.30. The number of nitrogens with zero attached hydrogens (tertiary/aromatic N) is 3. The number of carboxylic acids is 1. The Morgan fingerprint density at radius 3 is 2.34 bits per heavy atom. The zero-order chi connectivity index (χ0) is 26.1. The molecule has 1 N–H and O–H groups in total. The number of hydrogen-bond acceptors (Lipinski definition) is 3. The van der Waals surface area contributed by atoms with Crippen molar-refractivity contribution in [3.05, 3.63) is 53.1 Å². The van der Waals surface area contributed by atoms with E-state index in [0.717, 1.165) is 31.7 Å². The van der Waals surface area contributed by atoms with Crippen LogP contribution in [0.25, 0.3) is 22.2 Å². The van der Waals surface area contributed by atoms with Gasteiger partial charge in [-0.3, -0.25) is 0 Å². The first-order valence-electron chi connectivity index (χ1n) is 15.1. The van der Waals surface area contributed by atoms with Crippen molar-refractivity contribution in [1.82, 2.24) is 9.47 Å². The fourth-order valence-corrected chi connectivity index (χ4v) is 7.31. The zero-order valence-corrected chi connectivity index (χ0v) is 23.1. The van der Waals surface area contributed by atoms with Crippen LogP contribution in [0.2, 0.25) is 0 Å². The number of fused-ring (bicyclic) bond motifs is 5. The van der Waals surface area contributed by atoms with Crippen molar-refractivity contribution in [3.8, 4) is 11.3 Å². The Morgan fingerprint density at radius 1 is 0.842 bits per heavy atom. The Hall–Kier alpha value is -2.79. The van der Waals surface area contributed by atoms with E-state index in [0.29, 0.717) is 11.5 Å². The van der Waals surface area contributed by atoms with Gasteiger partial charge in [0, 0.05) is 48.3 Å². The van der Waals surface area contributed by atoms with Gasteiger partial charge in [-0.25, -0.2) is 4.79 Å². The maximum atomic E-state index is 11.9. The molecule has 3 aromatic rings. The molecule has 0 unspecified atom stereocenters. The molecule has 0 radical (unpaired) electrons. The molecule has 6 rings (SSSR count). The van der Waals surface area contributed by atoms with E-state index in [-0.39, 0.29) is 0 Å². The summed E-state index contributed by atoms with van der Waals surface area (Å²) in [4.78, 5) is 17.2. The van der Waals surface area contributed by atoms with Gasteiger partial charge in [0.25, 0.3) is 0 Å². The van der Waals surface area contributed by atoms with Crippen molar-refractivity contribution in [3.63, 3.8) is 0 Å². The monoisotopic (exact) mass is 513 g/mol. The Bertz CT molecular complexity index is 1300. The lowest BCUT2D eigenvalue weighted by molar-refractivity contribution is 0.0697. The summed E-state index contributed by atoms with van der Waals surface area (Å²) in [5.74, 6) is -0.305. The molecule has 0 amide bonds. The molecule has 0 spiro atoms. The van der Waals surface area contributed by atoms with E-state index >= 15 is 0 Å². The molecular weight excluding hydrogens is 470 g/mol. The van der Waals surface area contributed by atoms with Crippen LogP contribution in [0.15, 0.2) is 36.4 Å². The summed E-state index contributed by atoms with van der Waals surface area (Å²) in [6.07, 6.45) is 13.1. The van der Waals surface area contributed by atoms with Gasteiger partial charge in [0.05, 0.1) is 11.3 Å². The van der Waals surface area contributed by atoms with Crippen LogP contribution in [-0.4, -0.2) is 53.3 Å². The topological polar surface area (TPSA) is 48.7 Å². The predicted octanol–water partition coefficient (Wildman–Crippen LogP) is 7.45. The number of aromatic carboxylic acids is 1. The average Bonchev–Trinajstić information content (AvgIpc) is 3.14. The molecule has 0 atom stereocenters. The highest BCUT2D eigenvalue weighted by molar-refractivity contribution is 5.99. The van der Waals surface area contributed by atoms with Gasteiger partial charge in [-0.05, 0) is 80.9 Å². The second-order valence-corrected chi connectivity index (χ2v) is 11.9. The summed E-state index contributed by atoms with van der Waals surface area (Å²) in [6, 6.07) is 12.8. The van der Waals surface area contributed by atoms with Crippen molar-refractivity contribution in [2.45, 2.75) is 83.6 Å². The highest BCUT2D eigenvalue weighted by atomic mass is 16.4. The fourth-order valence-electron chi connectivity index (χ4n) is 7.31. The molecule has 3 aliphatic rings. The van der Waals surface area contributed by atoms with Gasteiger partial charge in [0.15, 0.2) is 0 Å². The first-order chi connectivity index (χ1) is 18.6. The molecule has 38 heavy (non-hydrogen) atoms.